The molecule has 1 unspecified atom stereocenters. The van der Waals surface area contributed by atoms with Crippen molar-refractivity contribution in [3.63, 3.8) is 0 Å². The van der Waals surface area contributed by atoms with Gasteiger partial charge in [-0.3, -0.25) is 4.79 Å². The van der Waals surface area contributed by atoms with Gasteiger partial charge in [-0.15, -0.1) is 0 Å². The minimum Gasteiger partial charge on any atom is -0.381 e. The fraction of sp³-hybridized carbons (Fsp3) is 0.727. The third kappa shape index (κ3) is 1.68. The number of carbonyl (C=O) groups excluding carboxylic acids is 1. The Hall–Kier alpha value is -0.630. The molecule has 1 atom stereocenters. The van der Waals surface area contributed by atoms with E-state index in [2.05, 4.69) is 0 Å². The summed E-state index contributed by atoms with van der Waals surface area (Å²) in [5.74, 6) is 0.378. The number of allylic oxidation sites excluding steroid dienone is 1. The molecule has 2 aliphatic rings. The molecule has 2 heteroatoms. The summed E-state index contributed by atoms with van der Waals surface area (Å²) in [5.41, 5.74) is 2.52. The van der Waals surface area contributed by atoms with Gasteiger partial charge in [-0.1, -0.05) is 5.57 Å². The van der Waals surface area contributed by atoms with Crippen molar-refractivity contribution in [2.24, 2.45) is 0 Å². The molecule has 0 saturated carbocycles. The Balaban J connectivity index is 2.17. The summed E-state index contributed by atoms with van der Waals surface area (Å²) in [7, 11) is 1.74. The molecule has 13 heavy (non-hydrogen) atoms. The lowest BCUT2D eigenvalue weighted by molar-refractivity contribution is -0.116. The van der Waals surface area contributed by atoms with Crippen LogP contribution in [0.15, 0.2) is 11.1 Å². The zero-order valence-corrected chi connectivity index (χ0v) is 8.14. The van der Waals surface area contributed by atoms with Crippen LogP contribution < -0.4 is 0 Å². The molecular formula is C11H16O2. The lowest BCUT2D eigenvalue weighted by atomic mass is 9.80. The van der Waals surface area contributed by atoms with E-state index in [1.165, 1.54) is 5.57 Å². The quantitative estimate of drug-likeness (QED) is 0.618. The molecule has 72 valence electrons. The molecule has 0 aromatic carbocycles. The van der Waals surface area contributed by atoms with Gasteiger partial charge in [-0.25, -0.2) is 0 Å². The standard InChI is InChI=1S/C11H16O2/c1-13-9-6-5-8-3-2-4-11(12)10(8)7-9/h9H,2-7H2,1H3. The highest BCUT2D eigenvalue weighted by Crippen LogP contribution is 2.34. The Morgan fingerprint density at radius 1 is 1.31 bits per heavy atom. The van der Waals surface area contributed by atoms with E-state index in [4.69, 9.17) is 4.74 Å². The van der Waals surface area contributed by atoms with E-state index < -0.39 is 0 Å². The number of hydrogen-bond donors (Lipinski definition) is 0. The second-order valence-corrected chi connectivity index (χ2v) is 3.96. The van der Waals surface area contributed by atoms with Gasteiger partial charge in [0.1, 0.15) is 0 Å². The molecule has 0 aliphatic heterocycles. The van der Waals surface area contributed by atoms with E-state index in [1.54, 1.807) is 7.11 Å². The Bertz CT molecular complexity index is 253. The van der Waals surface area contributed by atoms with Crippen LogP contribution in [0.4, 0.5) is 0 Å². The van der Waals surface area contributed by atoms with E-state index in [1.807, 2.05) is 0 Å². The number of carbonyl (C=O) groups is 1. The van der Waals surface area contributed by atoms with Crippen LogP contribution in [0.1, 0.15) is 38.5 Å². The highest BCUT2D eigenvalue weighted by Gasteiger charge is 2.27. The molecule has 0 amide bonds. The smallest absolute Gasteiger partial charge is 0.158 e. The minimum absolute atomic E-state index is 0.292. The second-order valence-electron chi connectivity index (χ2n) is 3.96. The maximum absolute atomic E-state index is 11.6. The van der Waals surface area contributed by atoms with Gasteiger partial charge in [-0.05, 0) is 31.3 Å². The zero-order valence-electron chi connectivity index (χ0n) is 8.14. The van der Waals surface area contributed by atoms with Crippen molar-refractivity contribution in [2.45, 2.75) is 44.6 Å². The van der Waals surface area contributed by atoms with Crippen LogP contribution in [0.5, 0.6) is 0 Å². The summed E-state index contributed by atoms with van der Waals surface area (Å²) in [6, 6.07) is 0. The fourth-order valence-electron chi connectivity index (χ4n) is 2.36. The predicted molar refractivity (Wildman–Crippen MR) is 50.5 cm³/mol. The van der Waals surface area contributed by atoms with Gasteiger partial charge < -0.3 is 4.74 Å². The minimum atomic E-state index is 0.292. The lowest BCUT2D eigenvalue weighted by Gasteiger charge is -2.28. The average Bonchev–Trinajstić information content (AvgIpc) is 2.18. The monoisotopic (exact) mass is 180 g/mol. The van der Waals surface area contributed by atoms with Crippen LogP contribution >= 0.6 is 0 Å². The van der Waals surface area contributed by atoms with E-state index >= 15 is 0 Å². The van der Waals surface area contributed by atoms with E-state index in [-0.39, 0.29) is 0 Å². The Morgan fingerprint density at radius 3 is 2.92 bits per heavy atom. The van der Waals surface area contributed by atoms with Gasteiger partial charge in [0.2, 0.25) is 0 Å². The van der Waals surface area contributed by atoms with Crippen LogP contribution in [0, 0.1) is 0 Å². The van der Waals surface area contributed by atoms with Crippen LogP contribution in [-0.4, -0.2) is 19.0 Å². The number of rotatable bonds is 1. The van der Waals surface area contributed by atoms with Crippen molar-refractivity contribution < 1.29 is 9.53 Å². The predicted octanol–water partition coefficient (Wildman–Crippen LogP) is 2.23. The zero-order chi connectivity index (χ0) is 9.26. The molecule has 0 bridgehead atoms. The first kappa shape index (κ1) is 8.95. The fourth-order valence-corrected chi connectivity index (χ4v) is 2.36. The summed E-state index contributed by atoms with van der Waals surface area (Å²) < 4.78 is 5.30. The summed E-state index contributed by atoms with van der Waals surface area (Å²) in [6.45, 7) is 0. The van der Waals surface area contributed by atoms with Gasteiger partial charge in [-0.2, -0.15) is 0 Å². The van der Waals surface area contributed by atoms with Crippen LogP contribution in [0.2, 0.25) is 0 Å². The Morgan fingerprint density at radius 2 is 2.15 bits per heavy atom. The van der Waals surface area contributed by atoms with Crippen molar-refractivity contribution in [1.29, 1.82) is 0 Å². The number of methoxy groups -OCH3 is 1. The molecule has 0 fully saturated rings. The van der Waals surface area contributed by atoms with Crippen molar-refractivity contribution >= 4 is 5.78 Å². The Labute approximate surface area is 79.0 Å². The van der Waals surface area contributed by atoms with Crippen molar-refractivity contribution in [2.75, 3.05) is 7.11 Å². The molecule has 0 aromatic rings. The normalized spacial score (nSPS) is 29.0. The van der Waals surface area contributed by atoms with Gasteiger partial charge in [0.15, 0.2) is 5.78 Å². The topological polar surface area (TPSA) is 26.3 Å². The number of hydrogen-bond acceptors (Lipinski definition) is 2. The highest BCUT2D eigenvalue weighted by atomic mass is 16.5. The molecule has 2 aliphatic carbocycles. The van der Waals surface area contributed by atoms with Gasteiger partial charge in [0, 0.05) is 20.0 Å². The molecule has 2 nitrogen and oxygen atoms in total. The maximum atomic E-state index is 11.6. The largest absolute Gasteiger partial charge is 0.381 e. The van der Waals surface area contributed by atoms with Gasteiger partial charge in [0.05, 0.1) is 6.10 Å². The summed E-state index contributed by atoms with van der Waals surface area (Å²) in [4.78, 5) is 11.6. The molecule has 0 spiro atoms. The average molecular weight is 180 g/mol. The van der Waals surface area contributed by atoms with Crippen LogP contribution in [0.25, 0.3) is 0 Å². The third-order valence-electron chi connectivity index (χ3n) is 3.18. The lowest BCUT2D eigenvalue weighted by Crippen LogP contribution is -2.23. The maximum Gasteiger partial charge on any atom is 0.158 e. The first-order valence-electron chi connectivity index (χ1n) is 5.08. The van der Waals surface area contributed by atoms with E-state index in [0.29, 0.717) is 11.9 Å². The summed E-state index contributed by atoms with van der Waals surface area (Å²) >= 11 is 0. The summed E-state index contributed by atoms with van der Waals surface area (Å²) in [6.07, 6.45) is 6.32. The molecule has 2 rings (SSSR count). The van der Waals surface area contributed by atoms with E-state index in [9.17, 15) is 4.79 Å². The molecule has 0 saturated heterocycles. The highest BCUT2D eigenvalue weighted by molar-refractivity contribution is 5.97. The molecule has 0 heterocycles. The second kappa shape index (κ2) is 3.62. The molecule has 0 N–H and O–H groups in total. The van der Waals surface area contributed by atoms with Crippen molar-refractivity contribution in [3.8, 4) is 0 Å². The SMILES string of the molecule is COC1CCC2=C(C1)C(=O)CCC2. The molecule has 0 radical (unpaired) electrons. The number of ether oxygens (including phenoxy) is 1. The Kier molecular flexibility index (Phi) is 2.49. The number of Topliss-reactive ketones (excluding diaryl/α,β-unsaturated/α-hetero) is 1. The molecule has 0 aromatic heterocycles. The first-order valence-corrected chi connectivity index (χ1v) is 5.08. The summed E-state index contributed by atoms with van der Waals surface area (Å²) in [5, 5.41) is 0. The van der Waals surface area contributed by atoms with Crippen LogP contribution in [0.3, 0.4) is 0 Å². The first-order chi connectivity index (χ1) is 6.31. The molecular weight excluding hydrogens is 164 g/mol. The van der Waals surface area contributed by atoms with E-state index in [0.717, 1.165) is 44.1 Å². The van der Waals surface area contributed by atoms with Gasteiger partial charge in [0.25, 0.3) is 0 Å². The van der Waals surface area contributed by atoms with Crippen LogP contribution in [-0.2, 0) is 9.53 Å². The number of ketones is 1. The van der Waals surface area contributed by atoms with Crippen molar-refractivity contribution in [3.05, 3.63) is 11.1 Å². The third-order valence-corrected chi connectivity index (χ3v) is 3.18. The van der Waals surface area contributed by atoms with Gasteiger partial charge >= 0.3 is 0 Å². The van der Waals surface area contributed by atoms with Crippen molar-refractivity contribution in [1.82, 2.24) is 0 Å².